The van der Waals surface area contributed by atoms with Crippen LogP contribution in [0.3, 0.4) is 0 Å². The van der Waals surface area contributed by atoms with Gasteiger partial charge in [0.05, 0.1) is 8.80 Å². The van der Waals surface area contributed by atoms with E-state index in [9.17, 15) is 0 Å². The van der Waals surface area contributed by atoms with E-state index < -0.39 is 20.8 Å². The number of hydrogen-bond donors (Lipinski definition) is 0. The third-order valence-corrected chi connectivity index (χ3v) is 5.44. The van der Waals surface area contributed by atoms with Gasteiger partial charge >= 0.3 is 37.9 Å². The van der Waals surface area contributed by atoms with Crippen LogP contribution in [0.2, 0.25) is 13.1 Å². The number of benzene rings is 1. The zero-order chi connectivity index (χ0) is 14.4. The zero-order valence-electron chi connectivity index (χ0n) is 12.1. The van der Waals surface area contributed by atoms with Crippen molar-refractivity contribution < 1.29 is 20.8 Å². The Labute approximate surface area is 137 Å². The van der Waals surface area contributed by atoms with Crippen molar-refractivity contribution in [2.45, 2.75) is 45.3 Å². The van der Waals surface area contributed by atoms with Crippen LogP contribution in [0.4, 0.5) is 0 Å². The summed E-state index contributed by atoms with van der Waals surface area (Å²) in [7, 11) is 9.59. The van der Waals surface area contributed by atoms with E-state index in [0.29, 0.717) is 0 Å². The van der Waals surface area contributed by atoms with Gasteiger partial charge in [-0.1, -0.05) is 56.8 Å². The Bertz CT molecular complexity index is 444. The molecule has 0 aliphatic heterocycles. The topological polar surface area (TPSA) is 0 Å². The van der Waals surface area contributed by atoms with Crippen LogP contribution in [0.5, 0.6) is 0 Å². The third-order valence-electron chi connectivity index (χ3n) is 3.61. The van der Waals surface area contributed by atoms with Gasteiger partial charge in [-0.15, -0.1) is 0 Å². The number of fused-ring (bicyclic) bond motifs is 1. The SMILES string of the molecule is CCC1=Cc2c(CC)cccc2C1[Si](C)C.[Cl][Zr][Cl]. The third kappa shape index (κ3) is 4.30. The number of aryl methyl sites for hydroxylation is 1. The maximum atomic E-state index is 4.93. The van der Waals surface area contributed by atoms with Gasteiger partial charge in [0.25, 0.3) is 0 Å². The first-order valence-corrected chi connectivity index (χ1v) is 15.6. The van der Waals surface area contributed by atoms with Crippen LogP contribution in [0.25, 0.3) is 6.08 Å². The first kappa shape index (κ1) is 17.7. The summed E-state index contributed by atoms with van der Waals surface area (Å²) in [4.78, 5) is 0. The van der Waals surface area contributed by atoms with E-state index in [2.05, 4.69) is 51.2 Å². The van der Waals surface area contributed by atoms with E-state index in [4.69, 9.17) is 17.0 Å². The first-order valence-electron chi connectivity index (χ1n) is 6.69. The van der Waals surface area contributed by atoms with Crippen molar-refractivity contribution in [3.8, 4) is 0 Å². The van der Waals surface area contributed by atoms with Gasteiger partial charge in [-0.05, 0) is 35.1 Å². The summed E-state index contributed by atoms with van der Waals surface area (Å²) in [6.45, 7) is 9.42. The molecule has 1 aromatic rings. The Balaban J connectivity index is 0.000000550. The molecule has 4 heteroatoms. The van der Waals surface area contributed by atoms with E-state index in [0.717, 1.165) is 12.0 Å². The van der Waals surface area contributed by atoms with Gasteiger partial charge in [-0.25, -0.2) is 0 Å². The van der Waals surface area contributed by atoms with E-state index in [1.165, 1.54) is 17.5 Å². The molecule has 19 heavy (non-hydrogen) atoms. The molecular formula is C15H21Cl2SiZr. The molecule has 0 saturated heterocycles. The van der Waals surface area contributed by atoms with Crippen LogP contribution in [-0.2, 0) is 27.3 Å². The van der Waals surface area contributed by atoms with Gasteiger partial charge in [-0.3, -0.25) is 0 Å². The Hall–Kier alpha value is 0.640. The number of hydrogen-bond acceptors (Lipinski definition) is 0. The Kier molecular flexibility index (Phi) is 8.21. The Morgan fingerprint density at radius 1 is 1.16 bits per heavy atom. The van der Waals surface area contributed by atoms with Crippen LogP contribution in [0.15, 0.2) is 23.8 Å². The monoisotopic (exact) mass is 389 g/mol. The van der Waals surface area contributed by atoms with Gasteiger partial charge in [0.15, 0.2) is 0 Å². The van der Waals surface area contributed by atoms with Gasteiger partial charge in [0, 0.05) is 0 Å². The molecule has 1 unspecified atom stereocenters. The van der Waals surface area contributed by atoms with Crippen molar-refractivity contribution in [2.75, 3.05) is 0 Å². The van der Waals surface area contributed by atoms with Crippen LogP contribution in [0, 0.1) is 0 Å². The number of rotatable bonds is 3. The van der Waals surface area contributed by atoms with Crippen molar-refractivity contribution in [2.24, 2.45) is 0 Å². The average Bonchev–Trinajstić information content (AvgIpc) is 2.77. The molecule has 103 valence electrons. The standard InChI is InChI=1S/C15H21Si.2ClH.Zr/c1-5-11-8-7-9-13-14(11)10-12(6-2)15(13)16(3)4;;;/h7-10,15H,5-6H2,1-4H3;2*1H;/q;;;+2/p-2. The van der Waals surface area contributed by atoms with Gasteiger partial charge in [0.2, 0.25) is 0 Å². The molecule has 0 spiro atoms. The van der Waals surface area contributed by atoms with Crippen LogP contribution in [0.1, 0.15) is 42.5 Å². The quantitative estimate of drug-likeness (QED) is 0.571. The summed E-state index contributed by atoms with van der Waals surface area (Å²) in [5.41, 5.74) is 7.09. The first-order chi connectivity index (χ1) is 9.10. The second-order valence-corrected chi connectivity index (χ2v) is 11.4. The van der Waals surface area contributed by atoms with E-state index in [1.807, 2.05) is 0 Å². The molecule has 0 nitrogen and oxygen atoms in total. The minimum atomic E-state index is -0.826. The summed E-state index contributed by atoms with van der Waals surface area (Å²) >= 11 is -0.826. The van der Waals surface area contributed by atoms with Crippen LogP contribution >= 0.6 is 17.0 Å². The summed E-state index contributed by atoms with van der Waals surface area (Å²) < 4.78 is 0. The van der Waals surface area contributed by atoms with Gasteiger partial charge in [-0.2, -0.15) is 0 Å². The normalized spacial score (nSPS) is 16.6. The second-order valence-electron chi connectivity index (χ2n) is 4.93. The molecule has 0 N–H and O–H groups in total. The summed E-state index contributed by atoms with van der Waals surface area (Å²) in [6.07, 6.45) is 4.83. The predicted octanol–water partition coefficient (Wildman–Crippen LogP) is 5.81. The Morgan fingerprint density at radius 3 is 2.26 bits per heavy atom. The van der Waals surface area contributed by atoms with Crippen molar-refractivity contribution >= 4 is 31.9 Å². The molecule has 1 aromatic carbocycles. The molecule has 1 radical (unpaired) electrons. The van der Waals surface area contributed by atoms with Crippen molar-refractivity contribution in [1.29, 1.82) is 0 Å². The Morgan fingerprint density at radius 2 is 1.79 bits per heavy atom. The molecule has 0 bridgehead atoms. The number of allylic oxidation sites excluding steroid dienone is 1. The van der Waals surface area contributed by atoms with Crippen molar-refractivity contribution in [3.05, 3.63) is 40.5 Å². The second kappa shape index (κ2) is 8.82. The zero-order valence-corrected chi connectivity index (χ0v) is 17.0. The molecule has 0 heterocycles. The molecule has 0 aromatic heterocycles. The fraction of sp³-hybridized carbons (Fsp3) is 0.467. The molecule has 1 aliphatic rings. The van der Waals surface area contributed by atoms with E-state index >= 15 is 0 Å². The van der Waals surface area contributed by atoms with Crippen LogP contribution < -0.4 is 0 Å². The molecule has 1 aliphatic carbocycles. The maximum absolute atomic E-state index is 4.93. The molecule has 0 amide bonds. The average molecular weight is 392 g/mol. The number of halogens is 2. The van der Waals surface area contributed by atoms with Gasteiger partial charge < -0.3 is 0 Å². The fourth-order valence-corrected chi connectivity index (χ4v) is 4.73. The molecule has 0 saturated carbocycles. The van der Waals surface area contributed by atoms with Gasteiger partial charge in [0.1, 0.15) is 0 Å². The van der Waals surface area contributed by atoms with Crippen LogP contribution in [-0.4, -0.2) is 8.80 Å². The predicted molar refractivity (Wildman–Crippen MR) is 86.0 cm³/mol. The summed E-state index contributed by atoms with van der Waals surface area (Å²) in [6, 6.07) is 6.86. The summed E-state index contributed by atoms with van der Waals surface area (Å²) in [5.74, 6) is 0. The summed E-state index contributed by atoms with van der Waals surface area (Å²) in [5, 5.41) is 0. The van der Waals surface area contributed by atoms with E-state index in [1.54, 1.807) is 11.1 Å². The van der Waals surface area contributed by atoms with E-state index in [-0.39, 0.29) is 8.80 Å². The molecule has 2 rings (SSSR count). The van der Waals surface area contributed by atoms with Crippen molar-refractivity contribution in [3.63, 3.8) is 0 Å². The minimum absolute atomic E-state index is 0.277. The fourth-order valence-electron chi connectivity index (χ4n) is 2.83. The molecular weight excluding hydrogens is 370 g/mol. The molecule has 0 fully saturated rings. The van der Waals surface area contributed by atoms with Crippen molar-refractivity contribution in [1.82, 2.24) is 0 Å². The molecule has 1 atom stereocenters.